The summed E-state index contributed by atoms with van der Waals surface area (Å²) in [5, 5.41) is 43.5. The molecule has 0 saturated heterocycles. The SMILES string of the molecule is CC(=O)OC[C@@]1(O)C[C@H](O)[C@]23C[C@H]1C=C2CC[C@H]1[C@](C)(CO)[C@H](O)CC[C@@]13C. The highest BCUT2D eigenvalue weighted by Gasteiger charge is 2.71. The number of hydrogen-bond donors (Lipinski definition) is 4. The summed E-state index contributed by atoms with van der Waals surface area (Å²) in [7, 11) is 0. The lowest BCUT2D eigenvalue weighted by Crippen LogP contribution is -2.66. The van der Waals surface area contributed by atoms with Gasteiger partial charge < -0.3 is 25.2 Å². The summed E-state index contributed by atoms with van der Waals surface area (Å²) in [4.78, 5) is 11.3. The van der Waals surface area contributed by atoms with Gasteiger partial charge >= 0.3 is 5.97 Å². The van der Waals surface area contributed by atoms with E-state index in [9.17, 15) is 25.2 Å². The molecule has 0 heterocycles. The van der Waals surface area contributed by atoms with Gasteiger partial charge in [0.2, 0.25) is 0 Å². The minimum atomic E-state index is -1.25. The Morgan fingerprint density at radius 3 is 2.57 bits per heavy atom. The molecule has 4 aliphatic carbocycles. The summed E-state index contributed by atoms with van der Waals surface area (Å²) in [5.41, 5.74) is -1.33. The van der Waals surface area contributed by atoms with Gasteiger partial charge in [0.15, 0.2) is 0 Å². The fourth-order valence-corrected chi connectivity index (χ4v) is 7.56. The second-order valence-electron chi connectivity index (χ2n) is 10.3. The van der Waals surface area contributed by atoms with Gasteiger partial charge in [-0.05, 0) is 43.4 Å². The summed E-state index contributed by atoms with van der Waals surface area (Å²) in [6.07, 6.45) is 4.70. The van der Waals surface area contributed by atoms with Crippen LogP contribution in [-0.4, -0.2) is 57.4 Å². The average Bonchev–Trinajstić information content (AvgIpc) is 3.02. The monoisotopic (exact) mass is 394 g/mol. The van der Waals surface area contributed by atoms with Crippen LogP contribution >= 0.6 is 0 Å². The maximum absolute atomic E-state index is 11.4. The molecule has 0 aromatic carbocycles. The third kappa shape index (κ3) is 2.38. The Labute approximate surface area is 166 Å². The maximum atomic E-state index is 11.4. The van der Waals surface area contributed by atoms with Crippen molar-refractivity contribution in [2.45, 2.75) is 77.1 Å². The zero-order valence-electron chi connectivity index (χ0n) is 17.1. The van der Waals surface area contributed by atoms with Crippen molar-refractivity contribution in [2.24, 2.45) is 28.1 Å². The minimum absolute atomic E-state index is 0.0700. The van der Waals surface area contributed by atoms with Crippen molar-refractivity contribution in [3.05, 3.63) is 11.6 Å². The van der Waals surface area contributed by atoms with E-state index in [0.29, 0.717) is 12.8 Å². The van der Waals surface area contributed by atoms with Crippen LogP contribution in [-0.2, 0) is 9.53 Å². The summed E-state index contributed by atoms with van der Waals surface area (Å²) in [6.45, 7) is 5.35. The van der Waals surface area contributed by atoms with Crippen molar-refractivity contribution in [2.75, 3.05) is 13.2 Å². The van der Waals surface area contributed by atoms with Crippen molar-refractivity contribution >= 4 is 5.97 Å². The van der Waals surface area contributed by atoms with E-state index in [1.54, 1.807) is 0 Å². The molecule has 0 aromatic rings. The van der Waals surface area contributed by atoms with Crippen LogP contribution in [0.3, 0.4) is 0 Å². The summed E-state index contributed by atoms with van der Waals surface area (Å²) in [5.74, 6) is -0.495. The van der Waals surface area contributed by atoms with Gasteiger partial charge in [-0.1, -0.05) is 25.5 Å². The Balaban J connectivity index is 1.73. The van der Waals surface area contributed by atoms with E-state index in [0.717, 1.165) is 19.3 Å². The highest BCUT2D eigenvalue weighted by molar-refractivity contribution is 5.66. The molecule has 0 unspecified atom stereocenters. The number of esters is 1. The Bertz CT molecular complexity index is 705. The first kappa shape index (κ1) is 20.3. The molecule has 0 amide bonds. The number of carbonyl (C=O) groups is 1. The molecule has 8 atom stereocenters. The fraction of sp³-hybridized carbons (Fsp3) is 0.864. The van der Waals surface area contributed by atoms with Gasteiger partial charge in [-0.3, -0.25) is 4.79 Å². The molecule has 0 aliphatic heterocycles. The van der Waals surface area contributed by atoms with Crippen molar-refractivity contribution in [3.8, 4) is 0 Å². The second kappa shape index (κ2) is 6.27. The second-order valence-corrected chi connectivity index (χ2v) is 10.3. The van der Waals surface area contributed by atoms with Crippen LogP contribution in [0.5, 0.6) is 0 Å². The smallest absolute Gasteiger partial charge is 0.302 e. The zero-order valence-corrected chi connectivity index (χ0v) is 17.1. The molecule has 6 nitrogen and oxygen atoms in total. The van der Waals surface area contributed by atoms with Crippen molar-refractivity contribution in [3.63, 3.8) is 0 Å². The van der Waals surface area contributed by atoms with Gasteiger partial charge in [0.05, 0.1) is 18.8 Å². The predicted octanol–water partition coefficient (Wildman–Crippen LogP) is 1.55. The number of fused-ring (bicyclic) bond motifs is 2. The van der Waals surface area contributed by atoms with Crippen LogP contribution in [0.2, 0.25) is 0 Å². The molecular weight excluding hydrogens is 360 g/mol. The number of ether oxygens (including phenoxy) is 1. The third-order valence-electron chi connectivity index (χ3n) is 9.17. The van der Waals surface area contributed by atoms with Crippen LogP contribution in [0, 0.1) is 28.1 Å². The number of carbonyl (C=O) groups excluding carboxylic acids is 1. The topological polar surface area (TPSA) is 107 Å². The van der Waals surface area contributed by atoms with Gasteiger partial charge in [-0.2, -0.15) is 0 Å². The highest BCUT2D eigenvalue weighted by atomic mass is 16.5. The molecule has 0 aromatic heterocycles. The first-order chi connectivity index (χ1) is 13.0. The zero-order chi connectivity index (χ0) is 20.5. The molecule has 0 radical (unpaired) electrons. The molecule has 4 rings (SSSR count). The van der Waals surface area contributed by atoms with Crippen LogP contribution < -0.4 is 0 Å². The quantitative estimate of drug-likeness (QED) is 0.427. The molecule has 3 saturated carbocycles. The molecule has 158 valence electrons. The van der Waals surface area contributed by atoms with Crippen molar-refractivity contribution in [1.82, 2.24) is 0 Å². The normalized spacial score (nSPS) is 52.5. The van der Waals surface area contributed by atoms with E-state index in [-0.39, 0.29) is 36.9 Å². The highest BCUT2D eigenvalue weighted by Crippen LogP contribution is 2.73. The van der Waals surface area contributed by atoms with E-state index < -0.39 is 34.6 Å². The van der Waals surface area contributed by atoms with Gasteiger partial charge in [0.25, 0.3) is 0 Å². The molecule has 2 bridgehead atoms. The van der Waals surface area contributed by atoms with Crippen LogP contribution in [0.15, 0.2) is 11.6 Å². The van der Waals surface area contributed by atoms with Crippen LogP contribution in [0.4, 0.5) is 0 Å². The predicted molar refractivity (Wildman–Crippen MR) is 102 cm³/mol. The molecular formula is C22H34O6. The molecule has 4 N–H and O–H groups in total. The Kier molecular flexibility index (Phi) is 4.55. The first-order valence-corrected chi connectivity index (χ1v) is 10.6. The van der Waals surface area contributed by atoms with Crippen LogP contribution in [0.25, 0.3) is 0 Å². The number of aliphatic hydroxyl groups excluding tert-OH is 3. The first-order valence-electron chi connectivity index (χ1n) is 10.6. The minimum Gasteiger partial charge on any atom is -0.463 e. The third-order valence-corrected chi connectivity index (χ3v) is 9.17. The van der Waals surface area contributed by atoms with E-state index in [4.69, 9.17) is 4.74 Å². The van der Waals surface area contributed by atoms with Crippen molar-refractivity contribution < 1.29 is 30.0 Å². The van der Waals surface area contributed by atoms with Gasteiger partial charge in [-0.25, -0.2) is 0 Å². The number of rotatable bonds is 3. The summed E-state index contributed by atoms with van der Waals surface area (Å²) >= 11 is 0. The molecule has 3 fully saturated rings. The van der Waals surface area contributed by atoms with Gasteiger partial charge in [0.1, 0.15) is 12.2 Å². The van der Waals surface area contributed by atoms with E-state index in [1.165, 1.54) is 12.5 Å². The largest absolute Gasteiger partial charge is 0.463 e. The van der Waals surface area contributed by atoms with Gasteiger partial charge in [0, 0.05) is 30.1 Å². The Morgan fingerprint density at radius 2 is 1.93 bits per heavy atom. The Hall–Kier alpha value is -0.950. The summed E-state index contributed by atoms with van der Waals surface area (Å²) < 4.78 is 5.14. The van der Waals surface area contributed by atoms with E-state index >= 15 is 0 Å². The van der Waals surface area contributed by atoms with E-state index in [2.05, 4.69) is 13.0 Å². The van der Waals surface area contributed by atoms with Crippen molar-refractivity contribution in [1.29, 1.82) is 0 Å². The average molecular weight is 395 g/mol. The van der Waals surface area contributed by atoms with E-state index in [1.807, 2.05) is 6.92 Å². The molecule has 6 heteroatoms. The number of aliphatic hydroxyl groups is 4. The lowest BCUT2D eigenvalue weighted by molar-refractivity contribution is -0.228. The number of hydrogen-bond acceptors (Lipinski definition) is 6. The lowest BCUT2D eigenvalue weighted by Gasteiger charge is -2.66. The molecule has 4 aliphatic rings. The fourth-order valence-electron chi connectivity index (χ4n) is 7.56. The Morgan fingerprint density at radius 1 is 1.21 bits per heavy atom. The molecule has 1 spiro atoms. The maximum Gasteiger partial charge on any atom is 0.302 e. The van der Waals surface area contributed by atoms with Crippen LogP contribution in [0.1, 0.15) is 59.3 Å². The van der Waals surface area contributed by atoms with Gasteiger partial charge in [-0.15, -0.1) is 0 Å². The summed E-state index contributed by atoms with van der Waals surface area (Å²) in [6, 6.07) is 0. The standard InChI is InChI=1S/C22H34O6/c1-13(24)28-12-21(27)10-18(26)22-9-15(21)8-14(22)4-5-16-19(2,11-23)17(25)6-7-20(16,22)3/h8,15-18,23,25-27H,4-7,9-12H2,1-3H3/t15-,16+,17-,18+,19+,20+,21+,22+/m1/s1. The lowest BCUT2D eigenvalue weighted by atomic mass is 9.39. The molecule has 28 heavy (non-hydrogen) atoms.